The monoisotopic (exact) mass is 489 g/mol. The highest BCUT2D eigenvalue weighted by molar-refractivity contribution is 7.89. The number of hydrogen-bond donors (Lipinski definition) is 0. The van der Waals surface area contributed by atoms with E-state index in [9.17, 15) is 12.8 Å². The number of ether oxygens (including phenoxy) is 4. The third-order valence-corrected chi connectivity index (χ3v) is 7.68. The molecule has 5 rings (SSSR count). The standard InChI is InChI=1S/C24H21F2NO6S/c1-30-18-6-8-20(21(26)14-18)24(16-2-4-17(25)5-3-16)32-22-9-7-19(15-23(22)33-24)34(28,29)27-10-12-31-13-11-27/h2-9,14-15H,10-13H2,1H3. The van der Waals surface area contributed by atoms with E-state index in [2.05, 4.69) is 0 Å². The summed E-state index contributed by atoms with van der Waals surface area (Å²) in [4.78, 5) is 0.0156. The summed E-state index contributed by atoms with van der Waals surface area (Å²) in [6.07, 6.45) is 0. The number of rotatable bonds is 5. The number of benzene rings is 3. The zero-order chi connectivity index (χ0) is 23.9. The van der Waals surface area contributed by atoms with Gasteiger partial charge in [-0.3, -0.25) is 0 Å². The molecule has 1 unspecified atom stereocenters. The largest absolute Gasteiger partial charge is 0.497 e. The summed E-state index contributed by atoms with van der Waals surface area (Å²) < 4.78 is 79.0. The average molecular weight is 489 g/mol. The van der Waals surface area contributed by atoms with Gasteiger partial charge in [-0.15, -0.1) is 0 Å². The number of methoxy groups -OCH3 is 1. The molecule has 0 bridgehead atoms. The smallest absolute Gasteiger partial charge is 0.308 e. The Balaban J connectivity index is 1.59. The topological polar surface area (TPSA) is 74.3 Å². The van der Waals surface area contributed by atoms with E-state index in [-0.39, 0.29) is 35.0 Å². The Labute approximate surface area is 195 Å². The summed E-state index contributed by atoms with van der Waals surface area (Å²) in [5, 5.41) is 0. The first-order valence-electron chi connectivity index (χ1n) is 10.5. The molecule has 1 saturated heterocycles. The molecule has 0 N–H and O–H groups in total. The Morgan fingerprint density at radius 3 is 2.29 bits per heavy atom. The molecule has 10 heteroatoms. The van der Waals surface area contributed by atoms with Crippen LogP contribution in [0.5, 0.6) is 17.2 Å². The van der Waals surface area contributed by atoms with Gasteiger partial charge in [0.2, 0.25) is 10.0 Å². The van der Waals surface area contributed by atoms with E-state index in [0.717, 1.165) is 0 Å². The van der Waals surface area contributed by atoms with E-state index in [1.165, 1.54) is 66.0 Å². The first kappa shape index (κ1) is 22.6. The molecule has 3 aromatic carbocycles. The van der Waals surface area contributed by atoms with Crippen molar-refractivity contribution >= 4 is 10.0 Å². The second-order valence-corrected chi connectivity index (χ2v) is 9.74. The van der Waals surface area contributed by atoms with Crippen molar-refractivity contribution in [2.75, 3.05) is 33.4 Å². The van der Waals surface area contributed by atoms with Crippen LogP contribution in [-0.2, 0) is 20.5 Å². The van der Waals surface area contributed by atoms with Crippen LogP contribution >= 0.6 is 0 Å². The van der Waals surface area contributed by atoms with Crippen molar-refractivity contribution in [2.24, 2.45) is 0 Å². The summed E-state index contributed by atoms with van der Waals surface area (Å²) in [6, 6.07) is 13.7. The fourth-order valence-corrected chi connectivity index (χ4v) is 5.45. The molecular formula is C24H21F2NO6S. The fourth-order valence-electron chi connectivity index (χ4n) is 4.02. The van der Waals surface area contributed by atoms with E-state index in [1.807, 2.05) is 0 Å². The molecular weight excluding hydrogens is 468 g/mol. The normalized spacial score (nSPS) is 20.3. The molecule has 0 spiro atoms. The average Bonchev–Trinajstić information content (AvgIpc) is 3.24. The van der Waals surface area contributed by atoms with Gasteiger partial charge in [0.1, 0.15) is 17.4 Å². The molecule has 178 valence electrons. The number of hydrogen-bond acceptors (Lipinski definition) is 6. The van der Waals surface area contributed by atoms with Crippen LogP contribution in [0.25, 0.3) is 0 Å². The van der Waals surface area contributed by atoms with Gasteiger partial charge in [0.15, 0.2) is 11.5 Å². The Hall–Kier alpha value is -3.21. The summed E-state index contributed by atoms with van der Waals surface area (Å²) in [7, 11) is -2.38. The van der Waals surface area contributed by atoms with Crippen molar-refractivity contribution in [1.29, 1.82) is 0 Å². The van der Waals surface area contributed by atoms with Crippen LogP contribution in [0.1, 0.15) is 11.1 Å². The molecule has 2 aliphatic heterocycles. The summed E-state index contributed by atoms with van der Waals surface area (Å²) >= 11 is 0. The highest BCUT2D eigenvalue weighted by Gasteiger charge is 2.48. The molecule has 0 aromatic heterocycles. The Bertz CT molecular complexity index is 1330. The molecule has 3 aromatic rings. The van der Waals surface area contributed by atoms with Crippen LogP contribution in [0.3, 0.4) is 0 Å². The third kappa shape index (κ3) is 3.77. The van der Waals surface area contributed by atoms with Crippen molar-refractivity contribution in [2.45, 2.75) is 10.7 Å². The number of halogens is 2. The maximum Gasteiger partial charge on any atom is 0.308 e. The number of sulfonamides is 1. The molecule has 1 atom stereocenters. The summed E-state index contributed by atoms with van der Waals surface area (Å²) in [5.74, 6) is -2.31. The van der Waals surface area contributed by atoms with Gasteiger partial charge in [-0.05, 0) is 48.5 Å². The van der Waals surface area contributed by atoms with Crippen LogP contribution in [0.15, 0.2) is 65.6 Å². The minimum absolute atomic E-state index is 0.0156. The summed E-state index contributed by atoms with van der Waals surface area (Å²) in [5.41, 5.74) is 0.348. The van der Waals surface area contributed by atoms with Gasteiger partial charge in [0.05, 0.1) is 30.8 Å². The second kappa shape index (κ2) is 8.53. The van der Waals surface area contributed by atoms with Crippen LogP contribution in [0.2, 0.25) is 0 Å². The SMILES string of the molecule is COc1ccc(C2(c3ccc(F)cc3)Oc3ccc(S(=O)(=O)N4CCOCC4)cc3O2)c(F)c1. The molecule has 0 aliphatic carbocycles. The van der Waals surface area contributed by atoms with Gasteiger partial charge in [0, 0.05) is 30.8 Å². The molecule has 0 amide bonds. The van der Waals surface area contributed by atoms with Crippen molar-refractivity contribution in [3.8, 4) is 17.2 Å². The molecule has 2 heterocycles. The third-order valence-electron chi connectivity index (χ3n) is 5.79. The second-order valence-electron chi connectivity index (χ2n) is 7.80. The lowest BCUT2D eigenvalue weighted by molar-refractivity contribution is -0.0488. The van der Waals surface area contributed by atoms with E-state index in [0.29, 0.717) is 24.5 Å². The maximum absolute atomic E-state index is 15.2. The number of fused-ring (bicyclic) bond motifs is 1. The van der Waals surface area contributed by atoms with Crippen molar-refractivity contribution in [3.05, 3.63) is 83.4 Å². The lowest BCUT2D eigenvalue weighted by Gasteiger charge is -2.29. The highest BCUT2D eigenvalue weighted by atomic mass is 32.2. The van der Waals surface area contributed by atoms with Crippen LogP contribution in [0.4, 0.5) is 8.78 Å². The van der Waals surface area contributed by atoms with Gasteiger partial charge in [-0.1, -0.05) is 0 Å². The number of nitrogens with zero attached hydrogens (tertiary/aromatic N) is 1. The molecule has 0 saturated carbocycles. The van der Waals surface area contributed by atoms with Gasteiger partial charge in [-0.25, -0.2) is 17.2 Å². The molecule has 7 nitrogen and oxygen atoms in total. The molecule has 1 fully saturated rings. The lowest BCUT2D eigenvalue weighted by Crippen LogP contribution is -2.40. The van der Waals surface area contributed by atoms with Crippen molar-refractivity contribution < 1.29 is 36.1 Å². The molecule has 34 heavy (non-hydrogen) atoms. The van der Waals surface area contributed by atoms with E-state index in [4.69, 9.17) is 18.9 Å². The van der Waals surface area contributed by atoms with Gasteiger partial charge >= 0.3 is 5.79 Å². The predicted octanol–water partition coefficient (Wildman–Crippen LogP) is 3.67. The van der Waals surface area contributed by atoms with Gasteiger partial charge in [-0.2, -0.15) is 4.31 Å². The van der Waals surface area contributed by atoms with Crippen LogP contribution in [0, 0.1) is 11.6 Å². The van der Waals surface area contributed by atoms with Crippen molar-refractivity contribution in [3.63, 3.8) is 0 Å². The maximum atomic E-state index is 15.2. The highest BCUT2D eigenvalue weighted by Crippen LogP contribution is 2.49. The zero-order valence-electron chi connectivity index (χ0n) is 18.2. The van der Waals surface area contributed by atoms with Crippen LogP contribution < -0.4 is 14.2 Å². The Kier molecular flexibility index (Phi) is 5.67. The number of morpholine rings is 1. The van der Waals surface area contributed by atoms with Crippen molar-refractivity contribution in [1.82, 2.24) is 4.31 Å². The zero-order valence-corrected chi connectivity index (χ0v) is 19.0. The van der Waals surface area contributed by atoms with Gasteiger partial charge in [0.25, 0.3) is 0 Å². The van der Waals surface area contributed by atoms with E-state index < -0.39 is 27.4 Å². The predicted molar refractivity (Wildman–Crippen MR) is 117 cm³/mol. The van der Waals surface area contributed by atoms with E-state index >= 15 is 4.39 Å². The molecule has 2 aliphatic rings. The van der Waals surface area contributed by atoms with E-state index in [1.54, 1.807) is 6.07 Å². The Morgan fingerprint density at radius 2 is 1.62 bits per heavy atom. The quantitative estimate of drug-likeness (QED) is 0.545. The van der Waals surface area contributed by atoms with Crippen LogP contribution in [-0.4, -0.2) is 46.1 Å². The summed E-state index contributed by atoms with van der Waals surface area (Å²) in [6.45, 7) is 1.11. The first-order chi connectivity index (χ1) is 16.3. The molecule has 0 radical (unpaired) electrons. The Morgan fingerprint density at radius 1 is 0.912 bits per heavy atom. The first-order valence-corrected chi connectivity index (χ1v) is 12.0. The lowest BCUT2D eigenvalue weighted by atomic mass is 9.96. The minimum atomic E-state index is -3.80. The minimum Gasteiger partial charge on any atom is -0.497 e. The van der Waals surface area contributed by atoms with Gasteiger partial charge < -0.3 is 18.9 Å². The fraction of sp³-hybridized carbons (Fsp3) is 0.250.